The normalized spacial score (nSPS) is 27.4. The van der Waals surface area contributed by atoms with Gasteiger partial charge in [0.2, 0.25) is 0 Å². The fourth-order valence-electron chi connectivity index (χ4n) is 5.66. The Balaban J connectivity index is 1.43. The van der Waals surface area contributed by atoms with Gasteiger partial charge in [0.25, 0.3) is 0 Å². The average Bonchev–Trinajstić information content (AvgIpc) is 2.79. The molecule has 1 heterocycles. The zero-order valence-corrected chi connectivity index (χ0v) is 20.1. The van der Waals surface area contributed by atoms with E-state index in [-0.39, 0.29) is 12.0 Å². The van der Waals surface area contributed by atoms with Crippen LogP contribution in [0.4, 0.5) is 0 Å². The highest BCUT2D eigenvalue weighted by Crippen LogP contribution is 2.41. The van der Waals surface area contributed by atoms with E-state index in [9.17, 15) is 9.90 Å². The molecule has 2 aliphatic rings. The number of carboxylic acids is 1. The molecular formula is C28H39NO3. The maximum Gasteiger partial charge on any atom is 0.306 e. The Morgan fingerprint density at radius 1 is 1.06 bits per heavy atom. The third-order valence-corrected chi connectivity index (χ3v) is 8.43. The Kier molecular flexibility index (Phi) is 6.80. The molecule has 2 unspecified atom stereocenters. The summed E-state index contributed by atoms with van der Waals surface area (Å²) in [5.41, 5.74) is 1.64. The third kappa shape index (κ3) is 4.96. The quantitative estimate of drug-likeness (QED) is 0.547. The van der Waals surface area contributed by atoms with Crippen LogP contribution in [0.15, 0.2) is 36.4 Å². The van der Waals surface area contributed by atoms with Gasteiger partial charge in [-0.1, -0.05) is 45.4 Å². The highest BCUT2D eigenvalue weighted by atomic mass is 16.5. The molecule has 2 atom stereocenters. The van der Waals surface area contributed by atoms with Gasteiger partial charge in [-0.05, 0) is 98.0 Å². The zero-order chi connectivity index (χ0) is 22.9. The number of rotatable bonds is 6. The fourth-order valence-corrected chi connectivity index (χ4v) is 5.66. The number of piperidine rings is 1. The summed E-state index contributed by atoms with van der Waals surface area (Å²) in [6.45, 7) is 7.94. The number of benzene rings is 2. The molecule has 0 radical (unpaired) electrons. The van der Waals surface area contributed by atoms with Gasteiger partial charge in [-0.3, -0.25) is 9.69 Å². The number of hydrogen-bond donors (Lipinski definition) is 1. The number of likely N-dealkylation sites (tertiary alicyclic amines) is 1. The number of carboxylic acid groups (broad SMARTS) is 1. The molecule has 1 N–H and O–H groups in total. The minimum Gasteiger partial charge on any atom is -0.490 e. The predicted octanol–water partition coefficient (Wildman–Crippen LogP) is 6.68. The molecule has 4 rings (SSSR count). The molecule has 1 saturated carbocycles. The summed E-state index contributed by atoms with van der Waals surface area (Å²) in [4.78, 5) is 13.8. The van der Waals surface area contributed by atoms with Crippen molar-refractivity contribution in [3.8, 4) is 5.75 Å². The van der Waals surface area contributed by atoms with Gasteiger partial charge in [-0.2, -0.15) is 0 Å². The van der Waals surface area contributed by atoms with Crippen LogP contribution in [0.25, 0.3) is 10.8 Å². The summed E-state index contributed by atoms with van der Waals surface area (Å²) in [6, 6.07) is 13.1. The van der Waals surface area contributed by atoms with Crippen LogP contribution in [-0.2, 0) is 4.79 Å². The van der Waals surface area contributed by atoms with Crippen molar-refractivity contribution in [2.45, 2.75) is 77.9 Å². The lowest BCUT2D eigenvalue weighted by Crippen LogP contribution is -2.36. The van der Waals surface area contributed by atoms with Gasteiger partial charge in [0.15, 0.2) is 0 Å². The first kappa shape index (κ1) is 23.1. The monoisotopic (exact) mass is 437 g/mol. The second-order valence-electron chi connectivity index (χ2n) is 10.8. The van der Waals surface area contributed by atoms with Crippen molar-refractivity contribution in [2.24, 2.45) is 17.3 Å². The summed E-state index contributed by atoms with van der Waals surface area (Å²) >= 11 is 0. The van der Waals surface area contributed by atoms with Crippen molar-refractivity contribution in [1.82, 2.24) is 4.90 Å². The molecule has 174 valence electrons. The summed E-state index contributed by atoms with van der Waals surface area (Å²) in [6.07, 6.45) is 7.77. The number of fused-ring (bicyclic) bond motifs is 1. The lowest BCUT2D eigenvalue weighted by atomic mass is 9.69. The van der Waals surface area contributed by atoms with E-state index in [0.29, 0.717) is 17.9 Å². The summed E-state index contributed by atoms with van der Waals surface area (Å²) in [5, 5.41) is 11.8. The van der Waals surface area contributed by atoms with Crippen LogP contribution in [0.5, 0.6) is 5.75 Å². The molecule has 2 aromatic carbocycles. The summed E-state index contributed by atoms with van der Waals surface area (Å²) in [7, 11) is 2.10. The number of ether oxygens (including phenoxy) is 1. The first-order valence-corrected chi connectivity index (χ1v) is 12.4. The van der Waals surface area contributed by atoms with Crippen LogP contribution in [0.3, 0.4) is 0 Å². The van der Waals surface area contributed by atoms with Crippen LogP contribution >= 0.6 is 0 Å². The van der Waals surface area contributed by atoms with Gasteiger partial charge in [-0.25, -0.2) is 0 Å². The highest BCUT2D eigenvalue weighted by molar-refractivity contribution is 5.84. The molecule has 0 bridgehead atoms. The van der Waals surface area contributed by atoms with Crippen LogP contribution in [-0.4, -0.2) is 35.7 Å². The number of aliphatic carboxylic acids is 1. The van der Waals surface area contributed by atoms with Crippen molar-refractivity contribution >= 4 is 16.7 Å². The maximum absolute atomic E-state index is 11.5. The van der Waals surface area contributed by atoms with E-state index in [0.717, 1.165) is 37.5 Å². The van der Waals surface area contributed by atoms with E-state index in [1.54, 1.807) is 0 Å². The zero-order valence-electron chi connectivity index (χ0n) is 20.1. The molecule has 1 saturated heterocycles. The maximum atomic E-state index is 11.5. The van der Waals surface area contributed by atoms with Gasteiger partial charge in [0.1, 0.15) is 5.75 Å². The van der Waals surface area contributed by atoms with Gasteiger partial charge in [0, 0.05) is 6.04 Å². The first-order valence-electron chi connectivity index (χ1n) is 12.4. The molecule has 2 aromatic rings. The van der Waals surface area contributed by atoms with Gasteiger partial charge in [-0.15, -0.1) is 0 Å². The Bertz CT molecular complexity index is 945. The topological polar surface area (TPSA) is 49.8 Å². The first-order chi connectivity index (χ1) is 15.3. The second kappa shape index (κ2) is 9.43. The predicted molar refractivity (Wildman–Crippen MR) is 130 cm³/mol. The SMILES string of the molecule is CCC(C)(C)C1CCC(Oc2ccc3cc(C4CC(C(=O)O)CCN4C)ccc3c2)CC1. The minimum absolute atomic E-state index is 0.160. The van der Waals surface area contributed by atoms with E-state index >= 15 is 0 Å². The van der Waals surface area contributed by atoms with Gasteiger partial charge in [0.05, 0.1) is 12.0 Å². The van der Waals surface area contributed by atoms with Crippen LogP contribution in [0, 0.1) is 17.3 Å². The van der Waals surface area contributed by atoms with E-state index < -0.39 is 5.97 Å². The Labute approximate surface area is 192 Å². The molecule has 0 spiro atoms. The van der Waals surface area contributed by atoms with Crippen molar-refractivity contribution in [1.29, 1.82) is 0 Å². The van der Waals surface area contributed by atoms with Crippen molar-refractivity contribution < 1.29 is 14.6 Å². The van der Waals surface area contributed by atoms with E-state index in [1.807, 2.05) is 0 Å². The third-order valence-electron chi connectivity index (χ3n) is 8.43. The van der Waals surface area contributed by atoms with E-state index in [2.05, 4.69) is 69.1 Å². The highest BCUT2D eigenvalue weighted by Gasteiger charge is 2.33. The van der Waals surface area contributed by atoms with Crippen LogP contribution in [0.2, 0.25) is 0 Å². The number of hydrogen-bond acceptors (Lipinski definition) is 3. The Morgan fingerprint density at radius 3 is 2.44 bits per heavy atom. The van der Waals surface area contributed by atoms with Crippen molar-refractivity contribution in [3.05, 3.63) is 42.0 Å². The van der Waals surface area contributed by atoms with Gasteiger partial charge < -0.3 is 9.84 Å². The molecule has 4 nitrogen and oxygen atoms in total. The van der Waals surface area contributed by atoms with E-state index in [4.69, 9.17) is 4.74 Å². The number of carbonyl (C=O) groups is 1. The van der Waals surface area contributed by atoms with Crippen molar-refractivity contribution in [3.63, 3.8) is 0 Å². The summed E-state index contributed by atoms with van der Waals surface area (Å²) in [5.74, 6) is 0.851. The summed E-state index contributed by atoms with van der Waals surface area (Å²) < 4.78 is 6.39. The van der Waals surface area contributed by atoms with Crippen LogP contribution < -0.4 is 4.74 Å². The molecule has 4 heteroatoms. The standard InChI is InChI=1S/C28H39NO3/c1-5-28(2,3)23-9-12-24(13-10-23)32-25-11-8-19-16-21(7-6-20(19)17-25)26-18-22(27(30)31)14-15-29(26)4/h6-8,11,16-17,22-24,26H,5,9-10,12-15,18H2,1-4H3,(H,30,31). The molecule has 32 heavy (non-hydrogen) atoms. The smallest absolute Gasteiger partial charge is 0.306 e. The lowest BCUT2D eigenvalue weighted by molar-refractivity contribution is -0.144. The average molecular weight is 438 g/mol. The van der Waals surface area contributed by atoms with E-state index in [1.165, 1.54) is 35.6 Å². The molecule has 0 amide bonds. The molecular weight excluding hydrogens is 398 g/mol. The Hall–Kier alpha value is -2.07. The lowest BCUT2D eigenvalue weighted by Gasteiger charge is -2.38. The molecule has 2 fully saturated rings. The largest absolute Gasteiger partial charge is 0.490 e. The minimum atomic E-state index is -0.669. The Morgan fingerprint density at radius 2 is 1.75 bits per heavy atom. The molecule has 1 aliphatic heterocycles. The number of nitrogens with zero attached hydrogens (tertiary/aromatic N) is 1. The fraction of sp³-hybridized carbons (Fsp3) is 0.607. The van der Waals surface area contributed by atoms with Gasteiger partial charge >= 0.3 is 5.97 Å². The second-order valence-corrected chi connectivity index (χ2v) is 10.8. The van der Waals surface area contributed by atoms with Crippen LogP contribution in [0.1, 0.15) is 77.3 Å². The molecule has 0 aromatic heterocycles. The van der Waals surface area contributed by atoms with Crippen molar-refractivity contribution in [2.75, 3.05) is 13.6 Å². The molecule has 1 aliphatic carbocycles.